The molecule has 20 heteroatoms. The number of halogens is 3. The normalized spacial score (nSPS) is 20.3. The number of pyridine rings is 2. The van der Waals surface area contributed by atoms with Crippen LogP contribution in [0.3, 0.4) is 0 Å². The molecule has 6 bridgehead atoms. The van der Waals surface area contributed by atoms with Crippen molar-refractivity contribution >= 4 is 17.9 Å². The van der Waals surface area contributed by atoms with E-state index in [0.29, 0.717) is 18.8 Å². The second-order valence-electron chi connectivity index (χ2n) is 14.4. The van der Waals surface area contributed by atoms with Crippen LogP contribution in [0.1, 0.15) is 66.4 Å². The Balaban J connectivity index is 0.00000673. The third-order valence-electron chi connectivity index (χ3n) is 9.85. The van der Waals surface area contributed by atoms with Gasteiger partial charge in [0.05, 0.1) is 53.1 Å². The Bertz CT molecular complexity index is 1820. The molecule has 0 spiro atoms. The average molecular weight is 936 g/mol. The largest absolute Gasteiger partial charge is 0.480 e. The number of alkyl halides is 3. The van der Waals surface area contributed by atoms with Crippen LogP contribution in [0.5, 0.6) is 0 Å². The zero-order valence-corrected chi connectivity index (χ0v) is 32.9. The van der Waals surface area contributed by atoms with Gasteiger partial charge in [-0.3, -0.25) is 34.2 Å². The molecular weight excluding hydrogens is 888 g/mol. The van der Waals surface area contributed by atoms with Crippen molar-refractivity contribution in [1.29, 1.82) is 0 Å². The molecule has 0 saturated carbocycles. The summed E-state index contributed by atoms with van der Waals surface area (Å²) in [5.74, 6) is -2.73. The van der Waals surface area contributed by atoms with Gasteiger partial charge < -0.3 is 20.7 Å². The van der Waals surface area contributed by atoms with E-state index in [1.165, 1.54) is 17.9 Å². The van der Waals surface area contributed by atoms with Gasteiger partial charge in [-0.15, -0.1) is 5.10 Å². The number of hydrogen-bond donors (Lipinski definition) is 3. The summed E-state index contributed by atoms with van der Waals surface area (Å²) in [6.45, 7) is 8.68. The quantitative estimate of drug-likeness (QED) is 0.304. The van der Waals surface area contributed by atoms with Gasteiger partial charge in [0.25, 0.3) is 0 Å². The number of carbonyl (C=O) groups excluding carboxylic acids is 1. The van der Waals surface area contributed by atoms with Crippen LogP contribution in [0.15, 0.2) is 24.3 Å². The van der Waals surface area contributed by atoms with Gasteiger partial charge in [-0.1, -0.05) is 5.21 Å². The van der Waals surface area contributed by atoms with Crippen molar-refractivity contribution in [3.8, 4) is 11.4 Å². The Morgan fingerprint density at radius 3 is 1.69 bits per heavy atom. The number of ether oxygens (including phenoxy) is 1. The Labute approximate surface area is 346 Å². The molecule has 1 fully saturated rings. The predicted octanol–water partition coefficient (Wildman–Crippen LogP) is 1.96. The molecule has 6 heterocycles. The molecule has 0 aromatic carbocycles. The van der Waals surface area contributed by atoms with E-state index in [4.69, 9.17) is 15.5 Å². The van der Waals surface area contributed by atoms with E-state index in [-0.39, 0.29) is 130 Å². The number of nitrogens with two attached hydrogens (primary N) is 1. The summed E-state index contributed by atoms with van der Waals surface area (Å²) >= 11 is 0. The Morgan fingerprint density at radius 2 is 1.25 bits per heavy atom. The molecule has 3 aromatic heterocycles. The van der Waals surface area contributed by atoms with Gasteiger partial charge in [-0.05, 0) is 52.0 Å². The number of hydrogen-bond acceptors (Lipinski definition) is 13. The van der Waals surface area contributed by atoms with E-state index in [1.807, 2.05) is 9.80 Å². The molecule has 1 radical (unpaired) electrons. The van der Waals surface area contributed by atoms with Gasteiger partial charge in [-0.25, -0.2) is 14.5 Å². The Kier molecular flexibility index (Phi) is 14.8. The molecule has 6 rings (SSSR count). The van der Waals surface area contributed by atoms with Crippen molar-refractivity contribution < 1.29 is 79.4 Å². The van der Waals surface area contributed by atoms with E-state index < -0.39 is 47.3 Å². The number of aromatic nitrogens is 5. The summed E-state index contributed by atoms with van der Waals surface area (Å²) in [5.41, 5.74) is 5.95. The molecule has 0 amide bonds. The summed E-state index contributed by atoms with van der Waals surface area (Å²) in [5, 5.41) is 28.6. The number of esters is 1. The summed E-state index contributed by atoms with van der Waals surface area (Å²) in [7, 11) is 1.23. The van der Waals surface area contributed by atoms with Crippen LogP contribution < -0.4 is 5.73 Å². The first-order valence-electron chi connectivity index (χ1n) is 17.6. The van der Waals surface area contributed by atoms with Crippen molar-refractivity contribution in [3.05, 3.63) is 58.2 Å². The third kappa shape index (κ3) is 11.2. The van der Waals surface area contributed by atoms with Gasteiger partial charge >= 0.3 is 24.1 Å². The fraction of sp³-hybridized carbons (Fsp3) is 0.571. The molecule has 0 aliphatic carbocycles. The molecule has 3 aromatic rings. The molecule has 0 unspecified atom stereocenters. The van der Waals surface area contributed by atoms with Crippen molar-refractivity contribution in [2.45, 2.75) is 71.1 Å². The number of methoxy groups -OCH3 is 1. The standard InChI is InChI=1S/C35H47F3N10O6.Lu/c1-21(31(49)50)46-10-6-44-7-11-47(22(2)32(51)52)13-9-45(8-12-46)19-26-16-24(35(36,37)38)17-27(40-26)20-48-29(30(42-43-48)34(3,4)39)28-15-23(33(53)54-5)14-25(18-44)41-28;/h14-17,21-22H,6-13,18-20,39H2,1-5H3,(H,49,50)(H,51,52);/t21-,22-;/m1./s1. The molecular formula is C35H47F3LuN10O6. The Hall–Kier alpha value is -3.33. The fourth-order valence-electron chi connectivity index (χ4n) is 6.65. The number of carboxylic acid groups (broad SMARTS) is 2. The van der Waals surface area contributed by atoms with Gasteiger partial charge in [0.2, 0.25) is 0 Å². The number of rotatable bonds is 6. The van der Waals surface area contributed by atoms with Crippen LogP contribution in [0.2, 0.25) is 0 Å². The number of nitrogens with zero attached hydrogens (tertiary/aromatic N) is 9. The van der Waals surface area contributed by atoms with Crippen molar-refractivity contribution in [3.63, 3.8) is 0 Å². The minimum Gasteiger partial charge on any atom is -0.480 e. The maximum Gasteiger partial charge on any atom is 0.416 e. The van der Waals surface area contributed by atoms with E-state index >= 15 is 0 Å². The third-order valence-corrected chi connectivity index (χ3v) is 9.85. The SMILES string of the molecule is COC(=O)c1cc2nc(c1)-c1c(C(C)(C)N)nnn1Cc1cc(C(F)(F)F)cc(n1)CN1CCN([C@H](C)C(=O)O)CCN(CCN([C@H](C)C(=O)O)CC1)C2.[Lu]. The summed E-state index contributed by atoms with van der Waals surface area (Å²) in [6, 6.07) is 3.20. The summed E-state index contributed by atoms with van der Waals surface area (Å²) < 4.78 is 49.7. The van der Waals surface area contributed by atoms with Crippen LogP contribution in [-0.4, -0.2) is 144 Å². The molecule has 55 heavy (non-hydrogen) atoms. The molecule has 1 saturated heterocycles. The molecule has 2 atom stereocenters. The molecule has 4 N–H and O–H groups in total. The fourth-order valence-corrected chi connectivity index (χ4v) is 6.65. The second kappa shape index (κ2) is 18.3. The molecule has 3 aliphatic rings. The van der Waals surface area contributed by atoms with Crippen LogP contribution >= 0.6 is 0 Å². The van der Waals surface area contributed by atoms with Crippen molar-refractivity contribution in [2.75, 3.05) is 59.5 Å². The average Bonchev–Trinajstić information content (AvgIpc) is 3.52. The maximum absolute atomic E-state index is 14.4. The molecule has 309 valence electrons. The molecule has 3 aliphatic heterocycles. The van der Waals surface area contributed by atoms with Crippen LogP contribution in [0.25, 0.3) is 11.4 Å². The van der Waals surface area contributed by atoms with Gasteiger partial charge in [-0.2, -0.15) is 13.2 Å². The summed E-state index contributed by atoms with van der Waals surface area (Å²) in [6.07, 6.45) is -4.72. The van der Waals surface area contributed by atoms with E-state index in [2.05, 4.69) is 15.3 Å². The van der Waals surface area contributed by atoms with E-state index in [9.17, 15) is 37.8 Å². The first-order valence-corrected chi connectivity index (χ1v) is 17.6. The van der Waals surface area contributed by atoms with E-state index in [1.54, 1.807) is 43.6 Å². The number of fused-ring (bicyclic) bond motifs is 8. The number of aliphatic carboxylic acids is 2. The van der Waals surface area contributed by atoms with E-state index in [0.717, 1.165) is 12.1 Å². The first kappa shape index (κ1) is 44.4. The van der Waals surface area contributed by atoms with Gasteiger partial charge in [0.15, 0.2) is 0 Å². The minimum absolute atomic E-state index is 0. The van der Waals surface area contributed by atoms with Gasteiger partial charge in [0, 0.05) is 102 Å². The number of carbonyl (C=O) groups is 3. The maximum atomic E-state index is 14.4. The van der Waals surface area contributed by atoms with Crippen LogP contribution in [0.4, 0.5) is 13.2 Å². The van der Waals surface area contributed by atoms with Crippen molar-refractivity contribution in [2.24, 2.45) is 5.73 Å². The van der Waals surface area contributed by atoms with Crippen LogP contribution in [-0.2, 0) is 45.7 Å². The topological polar surface area (TPSA) is 196 Å². The second-order valence-corrected chi connectivity index (χ2v) is 14.4. The smallest absolute Gasteiger partial charge is 0.416 e. The zero-order chi connectivity index (χ0) is 39.5. The van der Waals surface area contributed by atoms with Crippen molar-refractivity contribution in [1.82, 2.24) is 44.6 Å². The van der Waals surface area contributed by atoms with Gasteiger partial charge in [0.1, 0.15) is 23.5 Å². The monoisotopic (exact) mass is 935 g/mol. The number of carboxylic acids is 2. The Morgan fingerprint density at radius 1 is 0.782 bits per heavy atom. The first-order chi connectivity index (χ1) is 25.3. The zero-order valence-electron chi connectivity index (χ0n) is 31.3. The molecule has 16 nitrogen and oxygen atoms in total. The minimum atomic E-state index is -4.72. The van der Waals surface area contributed by atoms with Crippen LogP contribution in [0, 0.1) is 36.9 Å². The summed E-state index contributed by atoms with van der Waals surface area (Å²) in [4.78, 5) is 54.5. The predicted molar refractivity (Wildman–Crippen MR) is 188 cm³/mol.